The van der Waals surface area contributed by atoms with E-state index in [-0.39, 0.29) is 6.03 Å². The minimum absolute atomic E-state index is 0.360. The van der Waals surface area contributed by atoms with Crippen molar-refractivity contribution >= 4 is 23.3 Å². The highest BCUT2D eigenvalue weighted by Crippen LogP contribution is 2.35. The van der Waals surface area contributed by atoms with Crippen molar-refractivity contribution in [3.05, 3.63) is 28.9 Å². The molecule has 6 nitrogen and oxygen atoms in total. The van der Waals surface area contributed by atoms with Crippen molar-refractivity contribution in [2.24, 2.45) is 0 Å². The Morgan fingerprint density at radius 1 is 1.23 bits per heavy atom. The fourth-order valence-electron chi connectivity index (χ4n) is 2.06. The number of hydrogen-bond donors (Lipinski definition) is 2. The molecule has 1 aliphatic rings. The van der Waals surface area contributed by atoms with Crippen molar-refractivity contribution < 1.29 is 19.0 Å². The predicted octanol–water partition coefficient (Wildman–Crippen LogP) is 3.17. The average molecular weight is 327 g/mol. The average Bonchev–Trinajstić information content (AvgIpc) is 2.55. The molecule has 2 amide bonds. The summed E-state index contributed by atoms with van der Waals surface area (Å²) in [5, 5.41) is 5.83. The number of benzene rings is 1. The second-order valence-electron chi connectivity index (χ2n) is 4.70. The van der Waals surface area contributed by atoms with Gasteiger partial charge in [-0.1, -0.05) is 11.6 Å². The summed E-state index contributed by atoms with van der Waals surface area (Å²) in [5.41, 5.74) is 1.63. The number of amides is 2. The highest BCUT2D eigenvalue weighted by molar-refractivity contribution is 6.32. The SMILES string of the molecule is COc1cc(NC(=O)NC=C2CCOCC2)c(OC)cc1Cl. The minimum atomic E-state index is -0.360. The highest BCUT2D eigenvalue weighted by atomic mass is 35.5. The Morgan fingerprint density at radius 2 is 1.91 bits per heavy atom. The Morgan fingerprint density at radius 3 is 2.55 bits per heavy atom. The molecule has 0 spiro atoms. The lowest BCUT2D eigenvalue weighted by atomic mass is 10.1. The topological polar surface area (TPSA) is 68.8 Å². The van der Waals surface area contributed by atoms with Crippen LogP contribution >= 0.6 is 11.6 Å². The van der Waals surface area contributed by atoms with E-state index in [2.05, 4.69) is 10.6 Å². The maximum Gasteiger partial charge on any atom is 0.323 e. The molecule has 1 aromatic rings. The van der Waals surface area contributed by atoms with E-state index < -0.39 is 0 Å². The van der Waals surface area contributed by atoms with Crippen LogP contribution in [0.25, 0.3) is 0 Å². The standard InChI is InChI=1S/C15H19ClN2O4/c1-20-13-8-12(14(21-2)7-11(13)16)18-15(19)17-9-10-3-5-22-6-4-10/h7-9H,3-6H2,1-2H3,(H2,17,18,19). The van der Waals surface area contributed by atoms with Gasteiger partial charge in [-0.25, -0.2) is 4.79 Å². The third-order valence-corrected chi connectivity index (χ3v) is 3.56. The van der Waals surface area contributed by atoms with Crippen LogP contribution in [0.2, 0.25) is 5.02 Å². The summed E-state index contributed by atoms with van der Waals surface area (Å²) in [5.74, 6) is 0.917. The zero-order valence-electron chi connectivity index (χ0n) is 12.6. The summed E-state index contributed by atoms with van der Waals surface area (Å²) < 4.78 is 15.6. The first-order valence-electron chi connectivity index (χ1n) is 6.88. The van der Waals surface area contributed by atoms with Gasteiger partial charge < -0.3 is 24.8 Å². The summed E-state index contributed by atoms with van der Waals surface area (Å²) >= 11 is 6.02. The van der Waals surface area contributed by atoms with Crippen molar-refractivity contribution in [1.82, 2.24) is 5.32 Å². The van der Waals surface area contributed by atoms with E-state index in [0.717, 1.165) is 18.4 Å². The van der Waals surface area contributed by atoms with Crippen molar-refractivity contribution in [2.75, 3.05) is 32.8 Å². The van der Waals surface area contributed by atoms with Crippen LogP contribution in [0.5, 0.6) is 11.5 Å². The van der Waals surface area contributed by atoms with Gasteiger partial charge in [0.2, 0.25) is 0 Å². The Bertz CT molecular complexity index is 567. The Kier molecular flexibility index (Phi) is 5.91. The molecule has 0 saturated carbocycles. The third-order valence-electron chi connectivity index (χ3n) is 3.26. The lowest BCUT2D eigenvalue weighted by Crippen LogP contribution is -2.25. The van der Waals surface area contributed by atoms with Gasteiger partial charge in [0.05, 0.1) is 38.1 Å². The molecule has 0 atom stereocenters. The van der Waals surface area contributed by atoms with E-state index in [1.54, 1.807) is 18.3 Å². The Labute approximate surface area is 134 Å². The fraction of sp³-hybridized carbons (Fsp3) is 0.400. The maximum atomic E-state index is 12.0. The van der Waals surface area contributed by atoms with E-state index in [0.29, 0.717) is 35.4 Å². The number of carbonyl (C=O) groups excluding carboxylic acids is 1. The third kappa shape index (κ3) is 4.29. The molecule has 7 heteroatoms. The van der Waals surface area contributed by atoms with Crippen LogP contribution in [0.1, 0.15) is 12.8 Å². The first-order valence-corrected chi connectivity index (χ1v) is 7.26. The van der Waals surface area contributed by atoms with Crippen LogP contribution in [-0.4, -0.2) is 33.5 Å². The molecule has 0 bridgehead atoms. The van der Waals surface area contributed by atoms with Crippen LogP contribution in [0.15, 0.2) is 23.9 Å². The van der Waals surface area contributed by atoms with Gasteiger partial charge in [-0.2, -0.15) is 0 Å². The van der Waals surface area contributed by atoms with E-state index in [1.165, 1.54) is 14.2 Å². The van der Waals surface area contributed by atoms with E-state index in [1.807, 2.05) is 0 Å². The second-order valence-corrected chi connectivity index (χ2v) is 5.11. The van der Waals surface area contributed by atoms with Gasteiger partial charge in [0.25, 0.3) is 0 Å². The molecule has 2 N–H and O–H groups in total. The number of hydrogen-bond acceptors (Lipinski definition) is 4. The van der Waals surface area contributed by atoms with Crippen molar-refractivity contribution in [3.63, 3.8) is 0 Å². The first kappa shape index (κ1) is 16.5. The Balaban J connectivity index is 2.04. The zero-order valence-corrected chi connectivity index (χ0v) is 13.3. The van der Waals surface area contributed by atoms with Gasteiger partial charge in [0.15, 0.2) is 0 Å². The number of nitrogens with one attached hydrogen (secondary N) is 2. The lowest BCUT2D eigenvalue weighted by Gasteiger charge is -2.15. The lowest BCUT2D eigenvalue weighted by molar-refractivity contribution is 0.119. The molecule has 0 radical (unpaired) electrons. The van der Waals surface area contributed by atoms with E-state index in [9.17, 15) is 4.79 Å². The minimum Gasteiger partial charge on any atom is -0.495 e. The molecule has 1 heterocycles. The van der Waals surface area contributed by atoms with Gasteiger partial charge in [0, 0.05) is 18.3 Å². The van der Waals surface area contributed by atoms with Crippen molar-refractivity contribution in [1.29, 1.82) is 0 Å². The molecule has 1 fully saturated rings. The van der Waals surface area contributed by atoms with Crippen LogP contribution in [0, 0.1) is 0 Å². The number of methoxy groups -OCH3 is 2. The smallest absolute Gasteiger partial charge is 0.323 e. The first-order chi connectivity index (χ1) is 10.6. The molecular weight excluding hydrogens is 308 g/mol. The molecule has 1 aromatic carbocycles. The monoisotopic (exact) mass is 326 g/mol. The van der Waals surface area contributed by atoms with Crippen molar-refractivity contribution in [2.45, 2.75) is 12.8 Å². The molecule has 1 saturated heterocycles. The summed E-state index contributed by atoms with van der Waals surface area (Å²) in [4.78, 5) is 12.0. The van der Waals surface area contributed by atoms with E-state index in [4.69, 9.17) is 25.8 Å². The molecule has 0 unspecified atom stereocenters. The predicted molar refractivity (Wildman–Crippen MR) is 84.8 cm³/mol. The largest absolute Gasteiger partial charge is 0.495 e. The van der Waals surface area contributed by atoms with Crippen LogP contribution in [0.3, 0.4) is 0 Å². The summed E-state index contributed by atoms with van der Waals surface area (Å²) in [6.07, 6.45) is 3.38. The summed E-state index contributed by atoms with van der Waals surface area (Å²) in [7, 11) is 3.01. The maximum absolute atomic E-state index is 12.0. The van der Waals surface area contributed by atoms with Gasteiger partial charge in [0.1, 0.15) is 11.5 Å². The number of halogens is 1. The van der Waals surface area contributed by atoms with E-state index >= 15 is 0 Å². The Hall–Kier alpha value is -1.92. The number of rotatable bonds is 4. The molecule has 1 aliphatic heterocycles. The van der Waals surface area contributed by atoms with Crippen molar-refractivity contribution in [3.8, 4) is 11.5 Å². The molecular formula is C15H19ClN2O4. The normalized spacial score (nSPS) is 14.2. The van der Waals surface area contributed by atoms with Gasteiger partial charge in [-0.15, -0.1) is 0 Å². The molecule has 0 aromatic heterocycles. The number of urea groups is 1. The number of ether oxygens (including phenoxy) is 3. The van der Waals surface area contributed by atoms with Crippen LogP contribution in [-0.2, 0) is 4.74 Å². The number of anilines is 1. The summed E-state index contributed by atoms with van der Waals surface area (Å²) in [6.45, 7) is 1.38. The second kappa shape index (κ2) is 7.91. The fourth-order valence-corrected chi connectivity index (χ4v) is 2.29. The molecule has 2 rings (SSSR count). The summed E-state index contributed by atoms with van der Waals surface area (Å²) in [6, 6.07) is 2.84. The molecule has 0 aliphatic carbocycles. The zero-order chi connectivity index (χ0) is 15.9. The van der Waals surface area contributed by atoms with Crippen LogP contribution < -0.4 is 20.1 Å². The van der Waals surface area contributed by atoms with Gasteiger partial charge >= 0.3 is 6.03 Å². The van der Waals surface area contributed by atoms with Gasteiger partial charge in [-0.05, 0) is 18.4 Å². The van der Waals surface area contributed by atoms with Crippen LogP contribution in [0.4, 0.5) is 10.5 Å². The number of carbonyl (C=O) groups is 1. The quantitative estimate of drug-likeness (QED) is 0.891. The molecule has 120 valence electrons. The molecule has 22 heavy (non-hydrogen) atoms. The van der Waals surface area contributed by atoms with Gasteiger partial charge in [-0.3, -0.25) is 0 Å². The highest BCUT2D eigenvalue weighted by Gasteiger charge is 2.12.